The summed E-state index contributed by atoms with van der Waals surface area (Å²) in [5, 5.41) is 14.9. The molecule has 2 heterocycles. The van der Waals surface area contributed by atoms with Crippen molar-refractivity contribution in [3.8, 4) is 0 Å². The molecule has 0 aliphatic heterocycles. The lowest BCUT2D eigenvalue weighted by molar-refractivity contribution is 0.267. The molecule has 2 rings (SSSR count). The number of aromatic nitrogens is 3. The Kier molecular flexibility index (Phi) is 4.53. The Labute approximate surface area is 121 Å². The molecule has 0 amide bonds. The highest BCUT2D eigenvalue weighted by molar-refractivity contribution is 7.89. The molecular formula is C11H16N4O3S2. The predicted molar refractivity (Wildman–Crippen MR) is 74.9 cm³/mol. The van der Waals surface area contributed by atoms with Crippen molar-refractivity contribution < 1.29 is 13.5 Å². The van der Waals surface area contributed by atoms with E-state index in [1.807, 2.05) is 0 Å². The van der Waals surface area contributed by atoms with E-state index < -0.39 is 10.0 Å². The molecular weight excluding hydrogens is 300 g/mol. The number of aliphatic hydroxyl groups excluding tert-OH is 1. The molecule has 2 aromatic rings. The SMILES string of the molecule is Cc1nn(CCO)c(C)c1S(=O)(=O)NCc1cscn1. The van der Waals surface area contributed by atoms with Gasteiger partial charge in [0.25, 0.3) is 0 Å². The van der Waals surface area contributed by atoms with Crippen molar-refractivity contribution in [2.45, 2.75) is 31.8 Å². The lowest BCUT2D eigenvalue weighted by Crippen LogP contribution is -2.24. The minimum Gasteiger partial charge on any atom is -0.394 e. The third kappa shape index (κ3) is 3.06. The first kappa shape index (κ1) is 15.1. The first-order chi connectivity index (χ1) is 9.45. The van der Waals surface area contributed by atoms with Crippen LogP contribution < -0.4 is 4.72 Å². The van der Waals surface area contributed by atoms with E-state index in [-0.39, 0.29) is 24.6 Å². The zero-order valence-corrected chi connectivity index (χ0v) is 12.8. The molecule has 0 spiro atoms. The zero-order valence-electron chi connectivity index (χ0n) is 11.2. The largest absolute Gasteiger partial charge is 0.394 e. The molecule has 0 aliphatic carbocycles. The van der Waals surface area contributed by atoms with Crippen LogP contribution in [0.2, 0.25) is 0 Å². The van der Waals surface area contributed by atoms with Crippen LogP contribution in [0.25, 0.3) is 0 Å². The van der Waals surface area contributed by atoms with Crippen molar-refractivity contribution in [2.24, 2.45) is 0 Å². The Hall–Kier alpha value is -1.29. The van der Waals surface area contributed by atoms with Gasteiger partial charge >= 0.3 is 0 Å². The summed E-state index contributed by atoms with van der Waals surface area (Å²) in [5.41, 5.74) is 3.26. The van der Waals surface area contributed by atoms with Gasteiger partial charge in [0.2, 0.25) is 10.0 Å². The fraction of sp³-hybridized carbons (Fsp3) is 0.455. The van der Waals surface area contributed by atoms with Gasteiger partial charge in [-0.05, 0) is 13.8 Å². The lowest BCUT2D eigenvalue weighted by Gasteiger charge is -2.06. The maximum absolute atomic E-state index is 12.3. The smallest absolute Gasteiger partial charge is 0.244 e. The van der Waals surface area contributed by atoms with Gasteiger partial charge in [0.05, 0.1) is 42.3 Å². The summed E-state index contributed by atoms with van der Waals surface area (Å²) in [5.74, 6) is 0. The molecule has 20 heavy (non-hydrogen) atoms. The molecule has 0 atom stereocenters. The predicted octanol–water partition coefficient (Wildman–Crippen LogP) is 0.427. The number of hydrogen-bond donors (Lipinski definition) is 2. The van der Waals surface area contributed by atoms with Crippen LogP contribution >= 0.6 is 11.3 Å². The maximum Gasteiger partial charge on any atom is 0.244 e. The quantitative estimate of drug-likeness (QED) is 0.805. The van der Waals surface area contributed by atoms with Gasteiger partial charge in [0, 0.05) is 5.38 Å². The van der Waals surface area contributed by atoms with Crippen LogP contribution in [0, 0.1) is 13.8 Å². The zero-order chi connectivity index (χ0) is 14.8. The van der Waals surface area contributed by atoms with Crippen molar-refractivity contribution >= 4 is 21.4 Å². The van der Waals surface area contributed by atoms with Gasteiger partial charge in [0.1, 0.15) is 4.90 Å². The highest BCUT2D eigenvalue weighted by atomic mass is 32.2. The normalized spacial score (nSPS) is 11.9. The summed E-state index contributed by atoms with van der Waals surface area (Å²) < 4.78 is 28.7. The topological polar surface area (TPSA) is 97.1 Å². The van der Waals surface area contributed by atoms with E-state index in [4.69, 9.17) is 5.11 Å². The first-order valence-electron chi connectivity index (χ1n) is 5.97. The standard InChI is InChI=1S/C11H16N4O3S2/c1-8-11(9(2)15(14-8)3-4-16)20(17,18)13-5-10-6-19-7-12-10/h6-7,13,16H,3-5H2,1-2H3. The van der Waals surface area contributed by atoms with E-state index in [0.29, 0.717) is 17.1 Å². The van der Waals surface area contributed by atoms with Crippen LogP contribution in [0.3, 0.4) is 0 Å². The summed E-state index contributed by atoms with van der Waals surface area (Å²) >= 11 is 1.41. The highest BCUT2D eigenvalue weighted by Crippen LogP contribution is 2.19. The summed E-state index contributed by atoms with van der Waals surface area (Å²) in [6.45, 7) is 3.64. The third-order valence-electron chi connectivity index (χ3n) is 2.82. The molecule has 0 saturated heterocycles. The van der Waals surface area contributed by atoms with Gasteiger partial charge in [-0.2, -0.15) is 5.10 Å². The summed E-state index contributed by atoms with van der Waals surface area (Å²) in [7, 11) is -3.65. The van der Waals surface area contributed by atoms with E-state index in [9.17, 15) is 8.42 Å². The average molecular weight is 316 g/mol. The number of rotatable bonds is 6. The number of nitrogens with one attached hydrogen (secondary N) is 1. The number of aliphatic hydroxyl groups is 1. The molecule has 2 N–H and O–H groups in total. The van der Waals surface area contributed by atoms with E-state index >= 15 is 0 Å². The highest BCUT2D eigenvalue weighted by Gasteiger charge is 2.24. The van der Waals surface area contributed by atoms with Gasteiger partial charge < -0.3 is 5.11 Å². The minimum absolute atomic E-state index is 0.0896. The van der Waals surface area contributed by atoms with Gasteiger partial charge in [-0.1, -0.05) is 0 Å². The molecule has 0 aromatic carbocycles. The molecule has 0 fully saturated rings. The minimum atomic E-state index is -3.65. The number of thiazole rings is 1. The molecule has 0 saturated carbocycles. The van der Waals surface area contributed by atoms with E-state index in [0.717, 1.165) is 0 Å². The Morgan fingerprint density at radius 1 is 1.45 bits per heavy atom. The van der Waals surface area contributed by atoms with Gasteiger partial charge in [0.15, 0.2) is 0 Å². The number of aryl methyl sites for hydroxylation is 1. The molecule has 9 heteroatoms. The Morgan fingerprint density at radius 3 is 2.80 bits per heavy atom. The van der Waals surface area contributed by atoms with Crippen molar-refractivity contribution in [1.82, 2.24) is 19.5 Å². The van der Waals surface area contributed by atoms with Crippen LogP contribution in [0.4, 0.5) is 0 Å². The van der Waals surface area contributed by atoms with Crippen LogP contribution in [-0.2, 0) is 23.1 Å². The van der Waals surface area contributed by atoms with Crippen molar-refractivity contribution in [3.05, 3.63) is 28.0 Å². The van der Waals surface area contributed by atoms with Crippen molar-refractivity contribution in [2.75, 3.05) is 6.61 Å². The molecule has 0 unspecified atom stereocenters. The second kappa shape index (κ2) is 6.00. The monoisotopic (exact) mass is 316 g/mol. The number of nitrogens with zero attached hydrogens (tertiary/aromatic N) is 3. The summed E-state index contributed by atoms with van der Waals surface area (Å²) in [6.07, 6.45) is 0. The van der Waals surface area contributed by atoms with Crippen LogP contribution in [-0.4, -0.2) is 34.9 Å². The van der Waals surface area contributed by atoms with E-state index in [1.54, 1.807) is 24.7 Å². The second-order valence-electron chi connectivity index (χ2n) is 4.25. The molecule has 2 aromatic heterocycles. The summed E-state index contributed by atoms with van der Waals surface area (Å²) in [4.78, 5) is 4.20. The molecule has 0 bridgehead atoms. The Morgan fingerprint density at radius 2 is 2.20 bits per heavy atom. The van der Waals surface area contributed by atoms with Crippen molar-refractivity contribution in [3.63, 3.8) is 0 Å². The van der Waals surface area contributed by atoms with Gasteiger partial charge in [-0.25, -0.2) is 18.1 Å². The van der Waals surface area contributed by atoms with Crippen LogP contribution in [0.5, 0.6) is 0 Å². The third-order valence-corrected chi connectivity index (χ3v) is 5.11. The Balaban J connectivity index is 2.25. The van der Waals surface area contributed by atoms with Crippen LogP contribution in [0.15, 0.2) is 15.8 Å². The Bertz CT molecular complexity index is 677. The molecule has 7 nitrogen and oxygen atoms in total. The summed E-state index contributed by atoms with van der Waals surface area (Å²) in [6, 6.07) is 0. The number of sulfonamides is 1. The average Bonchev–Trinajstić information content (AvgIpc) is 2.97. The second-order valence-corrected chi connectivity index (χ2v) is 6.67. The molecule has 0 radical (unpaired) electrons. The van der Waals surface area contributed by atoms with E-state index in [1.165, 1.54) is 16.0 Å². The van der Waals surface area contributed by atoms with Gasteiger partial charge in [-0.3, -0.25) is 4.68 Å². The molecule has 0 aliphatic rings. The van der Waals surface area contributed by atoms with Gasteiger partial charge in [-0.15, -0.1) is 11.3 Å². The first-order valence-corrected chi connectivity index (χ1v) is 8.40. The number of hydrogen-bond acceptors (Lipinski definition) is 6. The van der Waals surface area contributed by atoms with Crippen LogP contribution in [0.1, 0.15) is 17.1 Å². The van der Waals surface area contributed by atoms with E-state index in [2.05, 4.69) is 14.8 Å². The fourth-order valence-electron chi connectivity index (χ4n) is 1.95. The lowest BCUT2D eigenvalue weighted by atomic mass is 10.4. The maximum atomic E-state index is 12.3. The molecule has 110 valence electrons. The van der Waals surface area contributed by atoms with Crippen molar-refractivity contribution in [1.29, 1.82) is 0 Å². The fourth-order valence-corrected chi connectivity index (χ4v) is 3.91.